The highest BCUT2D eigenvalue weighted by atomic mass is 16.5. The van der Waals surface area contributed by atoms with Crippen molar-refractivity contribution in [3.63, 3.8) is 0 Å². The maximum Gasteiger partial charge on any atom is 0.322 e. The lowest BCUT2D eigenvalue weighted by Crippen LogP contribution is -2.48. The van der Waals surface area contributed by atoms with Gasteiger partial charge in [-0.15, -0.1) is 0 Å². The van der Waals surface area contributed by atoms with Crippen LogP contribution < -0.4 is 5.32 Å². The molecule has 25 heavy (non-hydrogen) atoms. The molecule has 3 rings (SSSR count). The zero-order chi connectivity index (χ0) is 18.0. The number of nitrogens with zero attached hydrogens (tertiary/aromatic N) is 3. The van der Waals surface area contributed by atoms with Gasteiger partial charge in [-0.3, -0.25) is 0 Å². The fourth-order valence-electron chi connectivity index (χ4n) is 2.93. The molecule has 1 fully saturated rings. The van der Waals surface area contributed by atoms with E-state index in [0.717, 1.165) is 22.5 Å². The number of rotatable bonds is 3. The smallest absolute Gasteiger partial charge is 0.322 e. The Hall–Kier alpha value is -2.38. The first-order valence-corrected chi connectivity index (χ1v) is 8.40. The Balaban J connectivity index is 1.77. The standard InChI is InChI=1S/C18H24N4O3/c1-12-4-5-13(2)17(8-12)22-14(3)16(9-19-22)20-18(24)21-6-7-25-15(10-21)11-23/h4-5,8-9,15,23H,6-7,10-11H2,1-3H3,(H,20,24). The SMILES string of the molecule is Cc1ccc(C)c(-n2ncc(NC(=O)N3CCOC(CO)C3)c2C)c1. The summed E-state index contributed by atoms with van der Waals surface area (Å²) in [6.07, 6.45) is 1.34. The number of aliphatic hydroxyl groups is 1. The molecular formula is C18H24N4O3. The molecule has 1 aromatic heterocycles. The van der Waals surface area contributed by atoms with Crippen molar-refractivity contribution in [3.05, 3.63) is 41.2 Å². The third-order valence-corrected chi connectivity index (χ3v) is 4.47. The van der Waals surface area contributed by atoms with Crippen molar-refractivity contribution in [2.45, 2.75) is 26.9 Å². The number of benzene rings is 1. The molecule has 1 unspecified atom stereocenters. The molecule has 2 heterocycles. The number of amides is 2. The fraction of sp³-hybridized carbons (Fsp3) is 0.444. The number of morpholine rings is 1. The van der Waals surface area contributed by atoms with E-state index in [1.54, 1.807) is 11.1 Å². The molecular weight excluding hydrogens is 320 g/mol. The Labute approximate surface area is 147 Å². The molecule has 1 saturated heterocycles. The van der Waals surface area contributed by atoms with E-state index in [1.165, 1.54) is 0 Å². The number of aryl methyl sites for hydroxylation is 2. The minimum Gasteiger partial charge on any atom is -0.394 e. The molecule has 2 amide bonds. The molecule has 1 aliphatic rings. The molecule has 1 aromatic carbocycles. The zero-order valence-corrected chi connectivity index (χ0v) is 14.8. The van der Waals surface area contributed by atoms with Gasteiger partial charge in [-0.2, -0.15) is 5.10 Å². The first-order valence-electron chi connectivity index (χ1n) is 8.40. The van der Waals surface area contributed by atoms with Gasteiger partial charge in [-0.05, 0) is 38.0 Å². The summed E-state index contributed by atoms with van der Waals surface area (Å²) in [7, 11) is 0. The third kappa shape index (κ3) is 3.67. The zero-order valence-electron chi connectivity index (χ0n) is 14.8. The van der Waals surface area contributed by atoms with Crippen molar-refractivity contribution in [1.29, 1.82) is 0 Å². The molecule has 0 saturated carbocycles. The van der Waals surface area contributed by atoms with Gasteiger partial charge in [-0.25, -0.2) is 9.48 Å². The molecule has 1 aliphatic heterocycles. The lowest BCUT2D eigenvalue weighted by molar-refractivity contribution is -0.0388. The van der Waals surface area contributed by atoms with Gasteiger partial charge < -0.3 is 20.1 Å². The second-order valence-corrected chi connectivity index (χ2v) is 6.40. The highest BCUT2D eigenvalue weighted by molar-refractivity contribution is 5.90. The predicted molar refractivity (Wildman–Crippen MR) is 95.2 cm³/mol. The van der Waals surface area contributed by atoms with E-state index in [1.807, 2.05) is 25.5 Å². The maximum absolute atomic E-state index is 12.5. The Morgan fingerprint density at radius 3 is 2.96 bits per heavy atom. The maximum atomic E-state index is 12.5. The van der Waals surface area contributed by atoms with Gasteiger partial charge in [0.2, 0.25) is 0 Å². The van der Waals surface area contributed by atoms with Crippen LogP contribution >= 0.6 is 0 Å². The summed E-state index contributed by atoms with van der Waals surface area (Å²) < 4.78 is 7.22. The highest BCUT2D eigenvalue weighted by Crippen LogP contribution is 2.22. The summed E-state index contributed by atoms with van der Waals surface area (Å²) in [4.78, 5) is 14.1. The number of ether oxygens (including phenoxy) is 1. The molecule has 2 aromatic rings. The number of aromatic nitrogens is 2. The summed E-state index contributed by atoms with van der Waals surface area (Å²) in [6, 6.07) is 6.00. The van der Waals surface area contributed by atoms with Crippen LogP contribution in [0.2, 0.25) is 0 Å². The van der Waals surface area contributed by atoms with Crippen LogP contribution in [0.1, 0.15) is 16.8 Å². The van der Waals surface area contributed by atoms with Crippen LogP contribution in [0.15, 0.2) is 24.4 Å². The Morgan fingerprint density at radius 2 is 2.20 bits per heavy atom. The van der Waals surface area contributed by atoms with Crippen LogP contribution in [0.4, 0.5) is 10.5 Å². The number of urea groups is 1. The van der Waals surface area contributed by atoms with E-state index in [4.69, 9.17) is 4.74 Å². The van der Waals surface area contributed by atoms with Crippen molar-refractivity contribution in [2.24, 2.45) is 0 Å². The van der Waals surface area contributed by atoms with Gasteiger partial charge in [0.1, 0.15) is 0 Å². The number of anilines is 1. The second-order valence-electron chi connectivity index (χ2n) is 6.40. The van der Waals surface area contributed by atoms with Gasteiger partial charge in [0.15, 0.2) is 0 Å². The molecule has 7 nitrogen and oxygen atoms in total. The number of carbonyl (C=O) groups excluding carboxylic acids is 1. The van der Waals surface area contributed by atoms with Gasteiger partial charge in [-0.1, -0.05) is 12.1 Å². The van der Waals surface area contributed by atoms with E-state index < -0.39 is 0 Å². The summed E-state index contributed by atoms with van der Waals surface area (Å²) in [5.41, 5.74) is 4.83. The normalized spacial score (nSPS) is 17.6. The van der Waals surface area contributed by atoms with Crippen LogP contribution in [0.5, 0.6) is 0 Å². The van der Waals surface area contributed by atoms with E-state index in [0.29, 0.717) is 25.4 Å². The monoisotopic (exact) mass is 344 g/mol. The van der Waals surface area contributed by atoms with Crippen LogP contribution in [0.25, 0.3) is 5.69 Å². The fourth-order valence-corrected chi connectivity index (χ4v) is 2.93. The quantitative estimate of drug-likeness (QED) is 0.893. The number of aliphatic hydroxyl groups excluding tert-OH is 1. The summed E-state index contributed by atoms with van der Waals surface area (Å²) >= 11 is 0. The molecule has 0 aliphatic carbocycles. The van der Waals surface area contributed by atoms with Crippen LogP contribution in [0.3, 0.4) is 0 Å². The lowest BCUT2D eigenvalue weighted by Gasteiger charge is -2.31. The Kier molecular flexibility index (Phi) is 5.06. The average Bonchev–Trinajstić information content (AvgIpc) is 2.97. The molecule has 2 N–H and O–H groups in total. The molecule has 0 bridgehead atoms. The molecule has 7 heteroatoms. The Morgan fingerprint density at radius 1 is 1.40 bits per heavy atom. The first-order chi connectivity index (χ1) is 12.0. The van der Waals surface area contributed by atoms with Crippen LogP contribution in [-0.2, 0) is 4.74 Å². The summed E-state index contributed by atoms with van der Waals surface area (Å²) in [5, 5.41) is 16.6. The van der Waals surface area contributed by atoms with Crippen molar-refractivity contribution in [3.8, 4) is 5.69 Å². The number of nitrogens with one attached hydrogen (secondary N) is 1. The molecule has 0 radical (unpaired) electrons. The lowest BCUT2D eigenvalue weighted by atomic mass is 10.1. The largest absolute Gasteiger partial charge is 0.394 e. The number of carbonyl (C=O) groups is 1. The minimum absolute atomic E-state index is 0.0899. The molecule has 0 spiro atoms. The number of hydrogen-bond donors (Lipinski definition) is 2. The predicted octanol–water partition coefficient (Wildman–Crippen LogP) is 2.02. The van der Waals surface area contributed by atoms with Crippen molar-refractivity contribution < 1.29 is 14.6 Å². The van der Waals surface area contributed by atoms with Gasteiger partial charge >= 0.3 is 6.03 Å². The topological polar surface area (TPSA) is 79.6 Å². The average molecular weight is 344 g/mol. The second kappa shape index (κ2) is 7.25. The summed E-state index contributed by atoms with van der Waals surface area (Å²) in [6.45, 7) is 7.24. The minimum atomic E-state index is -0.321. The van der Waals surface area contributed by atoms with E-state index in [-0.39, 0.29) is 18.7 Å². The molecule has 1 atom stereocenters. The van der Waals surface area contributed by atoms with Crippen LogP contribution in [-0.4, -0.2) is 58.2 Å². The molecule has 134 valence electrons. The highest BCUT2D eigenvalue weighted by Gasteiger charge is 2.24. The van der Waals surface area contributed by atoms with E-state index in [2.05, 4.69) is 28.6 Å². The van der Waals surface area contributed by atoms with Gasteiger partial charge in [0, 0.05) is 6.54 Å². The van der Waals surface area contributed by atoms with E-state index >= 15 is 0 Å². The van der Waals surface area contributed by atoms with Gasteiger partial charge in [0.25, 0.3) is 0 Å². The Bertz CT molecular complexity index is 772. The van der Waals surface area contributed by atoms with Crippen molar-refractivity contribution >= 4 is 11.7 Å². The van der Waals surface area contributed by atoms with E-state index in [9.17, 15) is 9.90 Å². The third-order valence-electron chi connectivity index (χ3n) is 4.47. The first kappa shape index (κ1) is 17.4. The van der Waals surface area contributed by atoms with Crippen molar-refractivity contribution in [2.75, 3.05) is 31.6 Å². The summed E-state index contributed by atoms with van der Waals surface area (Å²) in [5.74, 6) is 0. The van der Waals surface area contributed by atoms with Crippen molar-refractivity contribution in [1.82, 2.24) is 14.7 Å². The van der Waals surface area contributed by atoms with Gasteiger partial charge in [0.05, 0.1) is 49.1 Å². The number of hydrogen-bond acceptors (Lipinski definition) is 4. The van der Waals surface area contributed by atoms with Crippen LogP contribution in [0, 0.1) is 20.8 Å².